The van der Waals surface area contributed by atoms with Crippen LogP contribution in [0.3, 0.4) is 0 Å². The molecule has 0 atom stereocenters. The Morgan fingerprint density at radius 1 is 1.30 bits per heavy atom. The number of rotatable bonds is 3. The van der Waals surface area contributed by atoms with Gasteiger partial charge >= 0.3 is 5.82 Å². The lowest BCUT2D eigenvalue weighted by Gasteiger charge is -2.46. The summed E-state index contributed by atoms with van der Waals surface area (Å²) < 4.78 is 1.51. The van der Waals surface area contributed by atoms with Crippen LogP contribution < -0.4 is 10.6 Å². The molecule has 7 nitrogen and oxygen atoms in total. The maximum Gasteiger partial charge on any atom is 0.372 e. The minimum absolute atomic E-state index is 0.00487. The molecule has 2 N–H and O–H groups in total. The van der Waals surface area contributed by atoms with Gasteiger partial charge in [0.15, 0.2) is 0 Å². The van der Waals surface area contributed by atoms with E-state index >= 15 is 0 Å². The predicted octanol–water partition coefficient (Wildman–Crippen LogP) is 2.96. The number of hydrogen-bond donors (Lipinski definition) is 2. The van der Waals surface area contributed by atoms with E-state index in [0.29, 0.717) is 11.5 Å². The highest BCUT2D eigenvalue weighted by Gasteiger charge is 2.38. The third kappa shape index (κ3) is 3.14. The third-order valence-corrected chi connectivity index (χ3v) is 4.21. The molecule has 0 saturated carbocycles. The molecule has 3 rings (SSSR count). The van der Waals surface area contributed by atoms with Gasteiger partial charge in [0.25, 0.3) is 0 Å². The van der Waals surface area contributed by atoms with Gasteiger partial charge in [0.2, 0.25) is 11.5 Å². The molecule has 0 aromatic carbocycles. The Labute approximate surface area is 135 Å². The molecular formula is C16H23N5O2. The first kappa shape index (κ1) is 15.7. The molecule has 2 aromatic rings. The van der Waals surface area contributed by atoms with Crippen LogP contribution in [0.25, 0.3) is 5.65 Å². The van der Waals surface area contributed by atoms with Gasteiger partial charge < -0.3 is 20.7 Å². The van der Waals surface area contributed by atoms with E-state index in [9.17, 15) is 10.1 Å². The monoisotopic (exact) mass is 317 g/mol. The summed E-state index contributed by atoms with van der Waals surface area (Å²) in [6, 6.07) is 5.49. The SMILES string of the molecule is CC1(C)CC(Nc2nc3ccccn3c2[N+](=O)[O-])CC(C)(C)N1. The van der Waals surface area contributed by atoms with Gasteiger partial charge in [-0.2, -0.15) is 9.38 Å². The molecule has 23 heavy (non-hydrogen) atoms. The molecule has 0 aliphatic carbocycles. The minimum atomic E-state index is -0.375. The van der Waals surface area contributed by atoms with Crippen molar-refractivity contribution in [2.75, 3.05) is 5.32 Å². The topological polar surface area (TPSA) is 84.5 Å². The zero-order chi connectivity index (χ0) is 16.8. The summed E-state index contributed by atoms with van der Waals surface area (Å²) in [5.41, 5.74) is 0.509. The predicted molar refractivity (Wildman–Crippen MR) is 89.8 cm³/mol. The van der Waals surface area contributed by atoms with Crippen molar-refractivity contribution in [3.05, 3.63) is 34.5 Å². The molecule has 2 aromatic heterocycles. The normalized spacial score (nSPS) is 20.5. The molecular weight excluding hydrogens is 294 g/mol. The first-order valence-electron chi connectivity index (χ1n) is 7.84. The largest absolute Gasteiger partial charge is 0.372 e. The first-order valence-corrected chi connectivity index (χ1v) is 7.84. The number of piperidine rings is 1. The summed E-state index contributed by atoms with van der Waals surface area (Å²) >= 11 is 0. The summed E-state index contributed by atoms with van der Waals surface area (Å²) in [4.78, 5) is 15.5. The fourth-order valence-corrected chi connectivity index (χ4v) is 3.87. The van der Waals surface area contributed by atoms with Gasteiger partial charge in [0.05, 0.1) is 6.20 Å². The van der Waals surface area contributed by atoms with Crippen LogP contribution in [-0.4, -0.2) is 31.4 Å². The Morgan fingerprint density at radius 2 is 1.96 bits per heavy atom. The van der Waals surface area contributed by atoms with Gasteiger partial charge in [0.1, 0.15) is 0 Å². The van der Waals surface area contributed by atoms with Crippen molar-refractivity contribution in [2.24, 2.45) is 0 Å². The number of nitro groups is 1. The number of fused-ring (bicyclic) bond motifs is 1. The van der Waals surface area contributed by atoms with Crippen molar-refractivity contribution in [1.82, 2.24) is 14.7 Å². The van der Waals surface area contributed by atoms with E-state index < -0.39 is 0 Å². The minimum Gasteiger partial charge on any atom is -0.360 e. The molecule has 3 heterocycles. The van der Waals surface area contributed by atoms with Crippen molar-refractivity contribution < 1.29 is 4.92 Å². The van der Waals surface area contributed by atoms with Gasteiger partial charge in [-0.05, 0) is 51.5 Å². The molecule has 0 spiro atoms. The highest BCUT2D eigenvalue weighted by atomic mass is 16.6. The molecule has 0 bridgehead atoms. The van der Waals surface area contributed by atoms with Crippen LogP contribution in [0.15, 0.2) is 24.4 Å². The van der Waals surface area contributed by atoms with Gasteiger partial charge in [-0.25, -0.2) is 0 Å². The van der Waals surface area contributed by atoms with Crippen molar-refractivity contribution in [3.8, 4) is 0 Å². The average Bonchev–Trinajstić information content (AvgIpc) is 2.72. The molecule has 1 saturated heterocycles. The zero-order valence-electron chi connectivity index (χ0n) is 14.0. The second kappa shape index (κ2) is 5.19. The molecule has 7 heteroatoms. The lowest BCUT2D eigenvalue weighted by molar-refractivity contribution is -0.389. The molecule has 0 unspecified atom stereocenters. The highest BCUT2D eigenvalue weighted by molar-refractivity contribution is 5.62. The summed E-state index contributed by atoms with van der Waals surface area (Å²) in [5, 5.41) is 18.4. The lowest BCUT2D eigenvalue weighted by Crippen LogP contribution is -2.60. The number of hydrogen-bond acceptors (Lipinski definition) is 5. The fourth-order valence-electron chi connectivity index (χ4n) is 3.87. The van der Waals surface area contributed by atoms with Crippen LogP contribution in [0.5, 0.6) is 0 Å². The van der Waals surface area contributed by atoms with E-state index in [1.807, 2.05) is 6.07 Å². The standard InChI is InChI=1S/C16H23N5O2/c1-15(2)9-11(10-16(3,4)19-15)17-13-14(21(22)23)20-8-6-5-7-12(20)18-13/h5-8,11,17,19H,9-10H2,1-4H3. The molecule has 1 fully saturated rings. The van der Waals surface area contributed by atoms with E-state index in [0.717, 1.165) is 12.8 Å². The third-order valence-electron chi connectivity index (χ3n) is 4.21. The van der Waals surface area contributed by atoms with Crippen LogP contribution in [0.4, 0.5) is 11.6 Å². The van der Waals surface area contributed by atoms with Crippen molar-refractivity contribution in [3.63, 3.8) is 0 Å². The van der Waals surface area contributed by atoms with Crippen LogP contribution in [0.2, 0.25) is 0 Å². The summed E-state index contributed by atoms with van der Waals surface area (Å²) in [5.74, 6) is 0.342. The summed E-state index contributed by atoms with van der Waals surface area (Å²) in [6.07, 6.45) is 3.42. The maximum absolute atomic E-state index is 11.5. The van der Waals surface area contributed by atoms with Gasteiger partial charge in [-0.1, -0.05) is 6.07 Å². The Balaban J connectivity index is 1.95. The van der Waals surface area contributed by atoms with Crippen LogP contribution in [-0.2, 0) is 0 Å². The lowest BCUT2D eigenvalue weighted by atomic mass is 9.79. The van der Waals surface area contributed by atoms with Crippen molar-refractivity contribution in [2.45, 2.75) is 57.7 Å². The Morgan fingerprint density at radius 3 is 2.57 bits per heavy atom. The second-order valence-corrected chi connectivity index (χ2v) is 7.61. The summed E-state index contributed by atoms with van der Waals surface area (Å²) in [6.45, 7) is 8.61. The summed E-state index contributed by atoms with van der Waals surface area (Å²) in [7, 11) is 0. The Bertz CT molecular complexity index is 734. The number of pyridine rings is 1. The number of nitrogens with zero attached hydrogens (tertiary/aromatic N) is 3. The number of anilines is 1. The fraction of sp³-hybridized carbons (Fsp3) is 0.562. The molecule has 1 aliphatic heterocycles. The van der Waals surface area contributed by atoms with Gasteiger partial charge in [-0.3, -0.25) is 0 Å². The van der Waals surface area contributed by atoms with E-state index in [2.05, 4.69) is 43.3 Å². The van der Waals surface area contributed by atoms with Crippen LogP contribution >= 0.6 is 0 Å². The van der Waals surface area contributed by atoms with Crippen molar-refractivity contribution >= 4 is 17.3 Å². The Kier molecular flexibility index (Phi) is 3.55. The number of aromatic nitrogens is 2. The van der Waals surface area contributed by atoms with Gasteiger partial charge in [-0.15, -0.1) is 0 Å². The second-order valence-electron chi connectivity index (χ2n) is 7.61. The smallest absolute Gasteiger partial charge is 0.360 e. The molecule has 124 valence electrons. The van der Waals surface area contributed by atoms with E-state index in [-0.39, 0.29) is 27.9 Å². The van der Waals surface area contributed by atoms with E-state index in [1.54, 1.807) is 18.3 Å². The van der Waals surface area contributed by atoms with E-state index in [1.165, 1.54) is 4.40 Å². The molecule has 1 aliphatic rings. The maximum atomic E-state index is 11.5. The number of imidazole rings is 1. The van der Waals surface area contributed by atoms with E-state index in [4.69, 9.17) is 0 Å². The van der Waals surface area contributed by atoms with Gasteiger partial charge in [0, 0.05) is 23.2 Å². The van der Waals surface area contributed by atoms with Crippen LogP contribution in [0, 0.1) is 10.1 Å². The molecule has 0 radical (unpaired) electrons. The zero-order valence-corrected chi connectivity index (χ0v) is 14.0. The quantitative estimate of drug-likeness (QED) is 0.671. The van der Waals surface area contributed by atoms with Crippen molar-refractivity contribution in [1.29, 1.82) is 0 Å². The number of nitrogens with one attached hydrogen (secondary N) is 2. The average molecular weight is 317 g/mol. The molecule has 0 amide bonds. The first-order chi connectivity index (χ1) is 10.7. The highest BCUT2D eigenvalue weighted by Crippen LogP contribution is 2.33. The van der Waals surface area contributed by atoms with Crippen LogP contribution in [0.1, 0.15) is 40.5 Å². The Hall–Kier alpha value is -2.15.